The van der Waals surface area contributed by atoms with E-state index in [0.717, 1.165) is 11.6 Å². The van der Waals surface area contributed by atoms with Gasteiger partial charge in [-0.15, -0.1) is 0 Å². The Morgan fingerprint density at radius 3 is 2.31 bits per heavy atom. The Bertz CT molecular complexity index is 1120. The van der Waals surface area contributed by atoms with Crippen LogP contribution in [0.3, 0.4) is 0 Å². The Balaban J connectivity index is 1.68. The van der Waals surface area contributed by atoms with Crippen LogP contribution in [0.25, 0.3) is 0 Å². The molecule has 0 atom stereocenters. The first-order valence-electron chi connectivity index (χ1n) is 12.9. The van der Waals surface area contributed by atoms with Gasteiger partial charge in [0.1, 0.15) is 11.4 Å². The van der Waals surface area contributed by atoms with E-state index in [1.54, 1.807) is 46.8 Å². The molecule has 2 aromatic rings. The van der Waals surface area contributed by atoms with Gasteiger partial charge in [0, 0.05) is 5.02 Å². The molecule has 6 nitrogen and oxygen atoms in total. The van der Waals surface area contributed by atoms with Crippen molar-refractivity contribution in [1.82, 2.24) is 5.32 Å². The van der Waals surface area contributed by atoms with Crippen LogP contribution in [0.4, 0.5) is 18.0 Å². The summed E-state index contributed by atoms with van der Waals surface area (Å²) in [5.41, 5.74) is -1.08. The molecule has 216 valence electrons. The number of halogens is 4. The molecule has 1 heterocycles. The van der Waals surface area contributed by atoms with E-state index in [9.17, 15) is 18.0 Å². The van der Waals surface area contributed by atoms with Gasteiger partial charge in [-0.1, -0.05) is 29.8 Å². The zero-order valence-corrected chi connectivity index (χ0v) is 23.8. The van der Waals surface area contributed by atoms with E-state index in [-0.39, 0.29) is 38.4 Å². The number of benzene rings is 2. The van der Waals surface area contributed by atoms with E-state index >= 15 is 0 Å². The van der Waals surface area contributed by atoms with Gasteiger partial charge in [0.05, 0.1) is 30.9 Å². The van der Waals surface area contributed by atoms with Crippen molar-refractivity contribution in [2.75, 3.05) is 19.8 Å². The lowest BCUT2D eigenvalue weighted by molar-refractivity contribution is -0.271. The van der Waals surface area contributed by atoms with E-state index in [4.69, 9.17) is 30.5 Å². The van der Waals surface area contributed by atoms with E-state index < -0.39 is 34.8 Å². The molecular formula is C29H37ClF3NO5. The molecule has 3 rings (SSSR count). The zero-order valence-electron chi connectivity index (χ0n) is 23.0. The number of ether oxygens (including phenoxy) is 4. The molecule has 1 saturated heterocycles. The molecule has 0 aliphatic carbocycles. The van der Waals surface area contributed by atoms with Crippen molar-refractivity contribution >= 4 is 17.7 Å². The summed E-state index contributed by atoms with van der Waals surface area (Å²) in [4.78, 5) is 12.6. The summed E-state index contributed by atoms with van der Waals surface area (Å²) in [7, 11) is 0. The van der Waals surface area contributed by atoms with Crippen LogP contribution < -0.4 is 10.1 Å². The number of hydrogen-bond donors (Lipinski definition) is 1. The molecule has 0 unspecified atom stereocenters. The summed E-state index contributed by atoms with van der Waals surface area (Å²) in [6.07, 6.45) is -3.55. The van der Waals surface area contributed by atoms with Gasteiger partial charge in [-0.05, 0) is 95.7 Å². The van der Waals surface area contributed by atoms with Gasteiger partial charge in [0.2, 0.25) is 0 Å². The Labute approximate surface area is 233 Å². The summed E-state index contributed by atoms with van der Waals surface area (Å²) in [6, 6.07) is 11.4. The number of alkyl carbamates (subject to hydrolysis) is 1. The molecule has 1 aliphatic heterocycles. The first-order chi connectivity index (χ1) is 18.1. The minimum absolute atomic E-state index is 0.124. The fraction of sp³-hybridized carbons (Fsp3) is 0.552. The van der Waals surface area contributed by atoms with E-state index in [1.807, 2.05) is 18.2 Å². The summed E-state index contributed by atoms with van der Waals surface area (Å²) in [5, 5.41) is 3.45. The maximum absolute atomic E-state index is 13.9. The fourth-order valence-corrected chi connectivity index (χ4v) is 4.33. The molecule has 39 heavy (non-hydrogen) atoms. The number of nitrogens with one attached hydrogen (secondary N) is 1. The minimum atomic E-state index is -4.59. The lowest BCUT2D eigenvalue weighted by Crippen LogP contribution is -2.61. The Morgan fingerprint density at radius 2 is 1.69 bits per heavy atom. The number of amides is 1. The number of carbonyl (C=O) groups is 1. The third kappa shape index (κ3) is 9.89. The SMILES string of the molecule is CC(C)(C)OC(=O)NC1(CCc2ccc(OCCCc3cccc(Cl)c3)c(C(F)(F)F)c2)COC(C)(C)OC1. The molecule has 1 fully saturated rings. The predicted octanol–water partition coefficient (Wildman–Crippen LogP) is 7.35. The average Bonchev–Trinajstić information content (AvgIpc) is 2.81. The van der Waals surface area contributed by atoms with Crippen molar-refractivity contribution in [1.29, 1.82) is 0 Å². The fourth-order valence-electron chi connectivity index (χ4n) is 4.12. The topological polar surface area (TPSA) is 66.0 Å². The van der Waals surface area contributed by atoms with Crippen molar-refractivity contribution in [3.63, 3.8) is 0 Å². The summed E-state index contributed by atoms with van der Waals surface area (Å²) >= 11 is 5.99. The van der Waals surface area contributed by atoms with Crippen LogP contribution in [-0.2, 0) is 33.2 Å². The van der Waals surface area contributed by atoms with Gasteiger partial charge < -0.3 is 24.3 Å². The zero-order chi connectivity index (χ0) is 28.9. The monoisotopic (exact) mass is 571 g/mol. The molecule has 0 aromatic heterocycles. The Kier molecular flexibility index (Phi) is 9.83. The standard InChI is InChI=1S/C29H37ClF3NO5/c1-26(2,3)39-25(35)34-28(18-37-27(4,5)38-19-28)14-13-21-11-12-24(23(17-21)29(31,32)33)36-15-7-9-20-8-6-10-22(30)16-20/h6,8,10-12,16-17H,7,9,13-15,18-19H2,1-5H3,(H,34,35). The maximum atomic E-state index is 13.9. The van der Waals surface area contributed by atoms with Gasteiger partial charge in [0.25, 0.3) is 0 Å². The van der Waals surface area contributed by atoms with E-state index in [2.05, 4.69) is 5.32 Å². The molecule has 0 saturated carbocycles. The molecule has 1 amide bonds. The number of aryl methyl sites for hydroxylation is 2. The Hall–Kier alpha value is -2.49. The van der Waals surface area contributed by atoms with Crippen molar-refractivity contribution in [3.05, 3.63) is 64.2 Å². The van der Waals surface area contributed by atoms with Gasteiger partial charge in [-0.2, -0.15) is 13.2 Å². The second-order valence-corrected chi connectivity index (χ2v) is 11.7. The van der Waals surface area contributed by atoms with Crippen LogP contribution in [0.1, 0.15) is 64.2 Å². The average molecular weight is 572 g/mol. The molecule has 0 bridgehead atoms. The number of carbonyl (C=O) groups excluding carboxylic acids is 1. The smallest absolute Gasteiger partial charge is 0.419 e. The van der Waals surface area contributed by atoms with E-state index in [0.29, 0.717) is 23.4 Å². The molecule has 10 heteroatoms. The van der Waals surface area contributed by atoms with Gasteiger partial charge >= 0.3 is 12.3 Å². The number of hydrogen-bond acceptors (Lipinski definition) is 5. The molecular weight excluding hydrogens is 535 g/mol. The van der Waals surface area contributed by atoms with Crippen molar-refractivity contribution < 1.29 is 36.9 Å². The Morgan fingerprint density at radius 1 is 1.03 bits per heavy atom. The quantitative estimate of drug-likeness (QED) is 0.319. The number of rotatable bonds is 9. The second-order valence-electron chi connectivity index (χ2n) is 11.3. The molecule has 2 aromatic carbocycles. The molecule has 0 radical (unpaired) electrons. The maximum Gasteiger partial charge on any atom is 0.419 e. The second kappa shape index (κ2) is 12.4. The highest BCUT2D eigenvalue weighted by Crippen LogP contribution is 2.38. The summed E-state index contributed by atoms with van der Waals surface area (Å²) in [6.45, 7) is 9.13. The first kappa shape index (κ1) is 31.0. The van der Waals surface area contributed by atoms with Crippen LogP contribution in [0, 0.1) is 0 Å². The first-order valence-corrected chi connectivity index (χ1v) is 13.3. The third-order valence-electron chi connectivity index (χ3n) is 6.16. The lowest BCUT2D eigenvalue weighted by atomic mass is 9.91. The largest absolute Gasteiger partial charge is 0.493 e. The van der Waals surface area contributed by atoms with Crippen LogP contribution >= 0.6 is 11.6 Å². The lowest BCUT2D eigenvalue weighted by Gasteiger charge is -2.44. The number of alkyl halides is 3. The van der Waals surface area contributed by atoms with Crippen molar-refractivity contribution in [3.8, 4) is 5.75 Å². The highest BCUT2D eigenvalue weighted by molar-refractivity contribution is 6.30. The summed E-state index contributed by atoms with van der Waals surface area (Å²) in [5.74, 6) is -1.06. The predicted molar refractivity (Wildman–Crippen MR) is 143 cm³/mol. The van der Waals surface area contributed by atoms with Crippen LogP contribution in [0.15, 0.2) is 42.5 Å². The highest BCUT2D eigenvalue weighted by Gasteiger charge is 2.42. The molecule has 1 N–H and O–H groups in total. The highest BCUT2D eigenvalue weighted by atomic mass is 35.5. The van der Waals surface area contributed by atoms with E-state index in [1.165, 1.54) is 6.07 Å². The third-order valence-corrected chi connectivity index (χ3v) is 6.39. The van der Waals surface area contributed by atoms with Gasteiger partial charge in [-0.25, -0.2) is 4.79 Å². The van der Waals surface area contributed by atoms with Crippen LogP contribution in [-0.4, -0.2) is 42.8 Å². The van der Waals surface area contributed by atoms with Gasteiger partial charge in [0.15, 0.2) is 5.79 Å². The van der Waals surface area contributed by atoms with Gasteiger partial charge in [-0.3, -0.25) is 0 Å². The van der Waals surface area contributed by atoms with Crippen molar-refractivity contribution in [2.24, 2.45) is 0 Å². The van der Waals surface area contributed by atoms with Crippen molar-refractivity contribution in [2.45, 2.75) is 83.4 Å². The molecule has 1 aliphatic rings. The minimum Gasteiger partial charge on any atom is -0.493 e. The summed E-state index contributed by atoms with van der Waals surface area (Å²) < 4.78 is 64.3. The normalized spacial score (nSPS) is 16.9. The molecule has 0 spiro atoms. The van der Waals surface area contributed by atoms with Crippen LogP contribution in [0.5, 0.6) is 5.75 Å². The van der Waals surface area contributed by atoms with Crippen LogP contribution in [0.2, 0.25) is 5.02 Å².